The third-order valence-electron chi connectivity index (χ3n) is 1.75. The summed E-state index contributed by atoms with van der Waals surface area (Å²) >= 11 is 17.5. The first-order valence-corrected chi connectivity index (χ1v) is 5.83. The Morgan fingerprint density at radius 3 is 2.47 bits per heavy atom. The lowest BCUT2D eigenvalue weighted by Gasteiger charge is -2.09. The number of hydrogen-bond donors (Lipinski definition) is 1. The second kappa shape index (κ2) is 6.74. The molecule has 1 N–H and O–H groups in total. The summed E-state index contributed by atoms with van der Waals surface area (Å²) in [7, 11) is 0. The average Bonchev–Trinajstić information content (AvgIpc) is 2.24. The molecule has 0 heterocycles. The van der Waals surface area contributed by atoms with Crippen molar-refractivity contribution in [3.05, 3.63) is 39.9 Å². The van der Waals surface area contributed by atoms with Gasteiger partial charge < -0.3 is 10.1 Å². The molecule has 1 rings (SSSR count). The van der Waals surface area contributed by atoms with E-state index in [4.69, 9.17) is 39.5 Å². The molecule has 0 aliphatic carbocycles. The molecule has 0 aromatic heterocycles. The van der Waals surface area contributed by atoms with Gasteiger partial charge in [-0.2, -0.15) is 0 Å². The molecule has 6 heteroatoms. The van der Waals surface area contributed by atoms with Crippen molar-refractivity contribution in [3.8, 4) is 5.75 Å². The molecule has 0 saturated carbocycles. The quantitative estimate of drug-likeness (QED) is 0.846. The number of carbonyl (C=O) groups excluding carboxylic acids is 1. The molecule has 0 saturated heterocycles. The van der Waals surface area contributed by atoms with Crippen LogP contribution in [0, 0.1) is 0 Å². The van der Waals surface area contributed by atoms with E-state index in [1.54, 1.807) is 6.08 Å². The normalized spacial score (nSPS) is 9.82. The van der Waals surface area contributed by atoms with Crippen LogP contribution < -0.4 is 10.1 Å². The molecule has 1 amide bonds. The predicted octanol–water partition coefficient (Wildman–Crippen LogP) is 3.33. The van der Waals surface area contributed by atoms with Crippen LogP contribution in [0.25, 0.3) is 0 Å². The second-order valence-corrected chi connectivity index (χ2v) is 4.33. The van der Waals surface area contributed by atoms with Crippen molar-refractivity contribution in [1.29, 1.82) is 0 Å². The molecular weight excluding hydrogens is 284 g/mol. The number of nitrogens with one attached hydrogen (secondary N) is 1. The van der Waals surface area contributed by atoms with E-state index in [-0.39, 0.29) is 28.3 Å². The van der Waals surface area contributed by atoms with Crippen LogP contribution in [0.15, 0.2) is 24.8 Å². The highest BCUT2D eigenvalue weighted by atomic mass is 35.5. The van der Waals surface area contributed by atoms with E-state index < -0.39 is 0 Å². The Balaban J connectivity index is 2.63. The lowest BCUT2D eigenvalue weighted by atomic mass is 10.3. The first-order valence-electron chi connectivity index (χ1n) is 4.69. The van der Waals surface area contributed by atoms with E-state index in [1.807, 2.05) is 0 Å². The SMILES string of the molecule is C=CCNC(=O)COc1c(Cl)cc(Cl)cc1Cl. The first-order chi connectivity index (χ1) is 8.04. The maximum Gasteiger partial charge on any atom is 0.258 e. The van der Waals surface area contributed by atoms with Crippen LogP contribution in [0.1, 0.15) is 0 Å². The minimum absolute atomic E-state index is 0.172. The monoisotopic (exact) mass is 293 g/mol. The molecule has 3 nitrogen and oxygen atoms in total. The van der Waals surface area contributed by atoms with Crippen LogP contribution in [0.3, 0.4) is 0 Å². The molecule has 0 aliphatic rings. The van der Waals surface area contributed by atoms with Crippen LogP contribution in [0.2, 0.25) is 15.1 Å². The van der Waals surface area contributed by atoms with Gasteiger partial charge in [0.2, 0.25) is 0 Å². The maximum absolute atomic E-state index is 11.3. The zero-order chi connectivity index (χ0) is 12.8. The second-order valence-electron chi connectivity index (χ2n) is 3.08. The molecule has 0 spiro atoms. The van der Waals surface area contributed by atoms with Gasteiger partial charge in [-0.15, -0.1) is 6.58 Å². The molecule has 17 heavy (non-hydrogen) atoms. The van der Waals surface area contributed by atoms with Crippen LogP contribution in [-0.4, -0.2) is 19.1 Å². The Hall–Kier alpha value is -0.900. The Bertz CT molecular complexity index is 412. The summed E-state index contributed by atoms with van der Waals surface area (Å²) in [6.07, 6.45) is 1.57. The molecule has 0 bridgehead atoms. The maximum atomic E-state index is 11.3. The Kier molecular flexibility index (Phi) is 5.62. The minimum atomic E-state index is -0.285. The van der Waals surface area contributed by atoms with E-state index in [0.29, 0.717) is 11.6 Å². The third-order valence-corrected chi connectivity index (χ3v) is 2.53. The predicted molar refractivity (Wildman–Crippen MR) is 70.2 cm³/mol. The Labute approximate surface area is 114 Å². The van der Waals surface area contributed by atoms with Crippen molar-refractivity contribution >= 4 is 40.7 Å². The van der Waals surface area contributed by atoms with Gasteiger partial charge in [-0.3, -0.25) is 4.79 Å². The molecule has 1 aromatic carbocycles. The van der Waals surface area contributed by atoms with E-state index >= 15 is 0 Å². The van der Waals surface area contributed by atoms with E-state index in [9.17, 15) is 4.79 Å². The van der Waals surface area contributed by atoms with Crippen molar-refractivity contribution in [3.63, 3.8) is 0 Å². The number of carbonyl (C=O) groups is 1. The van der Waals surface area contributed by atoms with Crippen molar-refractivity contribution < 1.29 is 9.53 Å². The molecular formula is C11H10Cl3NO2. The highest BCUT2D eigenvalue weighted by Crippen LogP contribution is 2.35. The fourth-order valence-electron chi connectivity index (χ4n) is 1.04. The lowest BCUT2D eigenvalue weighted by molar-refractivity contribution is -0.122. The summed E-state index contributed by atoms with van der Waals surface area (Å²) in [4.78, 5) is 11.3. The van der Waals surface area contributed by atoms with Gasteiger partial charge in [0.1, 0.15) is 0 Å². The Morgan fingerprint density at radius 2 is 1.94 bits per heavy atom. The molecule has 0 unspecified atom stereocenters. The summed E-state index contributed by atoms with van der Waals surface area (Å²) in [5.41, 5.74) is 0. The van der Waals surface area contributed by atoms with Crippen molar-refractivity contribution in [2.45, 2.75) is 0 Å². The van der Waals surface area contributed by atoms with Crippen molar-refractivity contribution in [2.24, 2.45) is 0 Å². The minimum Gasteiger partial charge on any atom is -0.481 e. The fourth-order valence-corrected chi connectivity index (χ4v) is 1.97. The largest absolute Gasteiger partial charge is 0.481 e. The van der Waals surface area contributed by atoms with E-state index in [0.717, 1.165) is 0 Å². The summed E-state index contributed by atoms with van der Waals surface area (Å²) in [6, 6.07) is 2.98. The number of ether oxygens (including phenoxy) is 1. The highest BCUT2D eigenvalue weighted by molar-refractivity contribution is 6.40. The lowest BCUT2D eigenvalue weighted by Crippen LogP contribution is -2.28. The Morgan fingerprint density at radius 1 is 1.35 bits per heavy atom. The number of hydrogen-bond acceptors (Lipinski definition) is 2. The molecule has 0 aliphatic heterocycles. The average molecular weight is 295 g/mol. The van der Waals surface area contributed by atoms with Gasteiger partial charge >= 0.3 is 0 Å². The summed E-state index contributed by atoms with van der Waals surface area (Å²) in [5, 5.41) is 3.49. The van der Waals surface area contributed by atoms with Gasteiger partial charge in [0.25, 0.3) is 5.91 Å². The molecule has 0 radical (unpaired) electrons. The fraction of sp³-hybridized carbons (Fsp3) is 0.182. The molecule has 0 atom stereocenters. The van der Waals surface area contributed by atoms with Crippen LogP contribution in [0.4, 0.5) is 0 Å². The summed E-state index contributed by atoms with van der Waals surface area (Å²) < 4.78 is 5.21. The van der Waals surface area contributed by atoms with Crippen LogP contribution in [-0.2, 0) is 4.79 Å². The summed E-state index contributed by atoms with van der Waals surface area (Å²) in [6.45, 7) is 3.68. The van der Waals surface area contributed by atoms with Gasteiger partial charge in [0.15, 0.2) is 12.4 Å². The topological polar surface area (TPSA) is 38.3 Å². The van der Waals surface area contributed by atoms with Crippen LogP contribution in [0.5, 0.6) is 5.75 Å². The zero-order valence-corrected chi connectivity index (χ0v) is 11.1. The zero-order valence-electron chi connectivity index (χ0n) is 8.80. The van der Waals surface area contributed by atoms with Crippen molar-refractivity contribution in [2.75, 3.05) is 13.2 Å². The number of halogens is 3. The third kappa shape index (κ3) is 4.46. The van der Waals surface area contributed by atoms with Gasteiger partial charge in [-0.25, -0.2) is 0 Å². The number of benzene rings is 1. The van der Waals surface area contributed by atoms with Gasteiger partial charge in [-0.05, 0) is 12.1 Å². The van der Waals surface area contributed by atoms with E-state index in [2.05, 4.69) is 11.9 Å². The smallest absolute Gasteiger partial charge is 0.258 e. The standard InChI is InChI=1S/C11H10Cl3NO2/c1-2-3-15-10(16)6-17-11-8(13)4-7(12)5-9(11)14/h2,4-5H,1,3,6H2,(H,15,16). The highest BCUT2D eigenvalue weighted by Gasteiger charge is 2.10. The number of amides is 1. The van der Waals surface area contributed by atoms with Gasteiger partial charge in [0, 0.05) is 11.6 Å². The van der Waals surface area contributed by atoms with E-state index in [1.165, 1.54) is 12.1 Å². The molecule has 0 fully saturated rings. The summed E-state index contributed by atoms with van der Waals surface area (Å²) in [5.74, 6) is -0.0431. The first kappa shape index (κ1) is 14.2. The molecule has 1 aromatic rings. The molecule has 92 valence electrons. The van der Waals surface area contributed by atoms with Crippen molar-refractivity contribution in [1.82, 2.24) is 5.32 Å². The van der Waals surface area contributed by atoms with Gasteiger partial charge in [0.05, 0.1) is 10.0 Å². The number of rotatable bonds is 5. The van der Waals surface area contributed by atoms with Crippen LogP contribution >= 0.6 is 34.8 Å². The van der Waals surface area contributed by atoms with Gasteiger partial charge in [-0.1, -0.05) is 40.9 Å².